The Morgan fingerprint density at radius 3 is 2.53 bits per heavy atom. The summed E-state index contributed by atoms with van der Waals surface area (Å²) in [5.41, 5.74) is 0.683. The number of rotatable bonds is 8. The first-order valence-electron chi connectivity index (χ1n) is 12.0. The summed E-state index contributed by atoms with van der Waals surface area (Å²) in [6.07, 6.45) is 6.19. The maximum absolute atomic E-state index is 13.3. The van der Waals surface area contributed by atoms with E-state index in [9.17, 15) is 18.0 Å². The predicted octanol–water partition coefficient (Wildman–Crippen LogP) is 2.31. The van der Waals surface area contributed by atoms with Crippen molar-refractivity contribution in [3.63, 3.8) is 0 Å². The van der Waals surface area contributed by atoms with Crippen LogP contribution in [0.3, 0.4) is 0 Å². The van der Waals surface area contributed by atoms with Crippen LogP contribution in [0.2, 0.25) is 5.02 Å². The van der Waals surface area contributed by atoms with Crippen molar-refractivity contribution in [1.82, 2.24) is 19.4 Å². The van der Waals surface area contributed by atoms with Crippen LogP contribution in [0.1, 0.15) is 44.6 Å². The van der Waals surface area contributed by atoms with Crippen molar-refractivity contribution in [2.24, 2.45) is 0 Å². The lowest BCUT2D eigenvalue weighted by Gasteiger charge is -2.33. The maximum atomic E-state index is 13.3. The van der Waals surface area contributed by atoms with Gasteiger partial charge >= 0.3 is 0 Å². The second kappa shape index (κ2) is 10.8. The first kappa shape index (κ1) is 25.2. The number of likely N-dealkylation sites (tertiary alicyclic amines) is 3. The van der Waals surface area contributed by atoms with Gasteiger partial charge in [-0.1, -0.05) is 23.7 Å². The molecule has 0 aromatic heterocycles. The Labute approximate surface area is 207 Å². The third-order valence-electron chi connectivity index (χ3n) is 7.01. The number of benzene rings is 1. The summed E-state index contributed by atoms with van der Waals surface area (Å²) in [5, 5.41) is 1.61. The molecule has 186 valence electrons. The number of nitrogens with zero attached hydrogens (tertiary/aromatic N) is 3. The quantitative estimate of drug-likeness (QED) is 0.582. The fraction of sp³-hybridized carbons (Fsp3) is 0.583. The molecule has 1 aromatic carbocycles. The van der Waals surface area contributed by atoms with E-state index < -0.39 is 22.1 Å². The molecule has 2 amide bonds. The highest BCUT2D eigenvalue weighted by molar-refractivity contribution is 7.92. The van der Waals surface area contributed by atoms with E-state index in [-0.39, 0.29) is 17.9 Å². The molecule has 10 heteroatoms. The van der Waals surface area contributed by atoms with Crippen LogP contribution in [0.15, 0.2) is 29.7 Å². The van der Waals surface area contributed by atoms with E-state index in [4.69, 9.17) is 11.6 Å². The third-order valence-corrected chi connectivity index (χ3v) is 8.37. The van der Waals surface area contributed by atoms with E-state index in [0.717, 1.165) is 44.4 Å². The average molecular weight is 509 g/mol. The molecule has 3 fully saturated rings. The number of halogens is 1. The van der Waals surface area contributed by atoms with Crippen LogP contribution in [0.5, 0.6) is 0 Å². The molecule has 3 atom stereocenters. The van der Waals surface area contributed by atoms with E-state index in [1.165, 1.54) is 23.8 Å². The Hall–Kier alpha value is -1.94. The molecule has 1 N–H and O–H groups in total. The normalized spacial score (nSPS) is 25.1. The van der Waals surface area contributed by atoms with Gasteiger partial charge in [0.25, 0.3) is 0 Å². The fourth-order valence-electron chi connectivity index (χ4n) is 5.13. The first-order valence-corrected chi connectivity index (χ1v) is 14.0. The molecule has 0 spiro atoms. The van der Waals surface area contributed by atoms with Crippen LogP contribution < -0.4 is 4.72 Å². The van der Waals surface area contributed by atoms with Crippen molar-refractivity contribution in [2.75, 3.05) is 32.7 Å². The van der Waals surface area contributed by atoms with Crippen LogP contribution in [0.4, 0.5) is 0 Å². The summed E-state index contributed by atoms with van der Waals surface area (Å²) in [7, 11) is -3.83. The molecule has 4 rings (SSSR count). The molecule has 0 radical (unpaired) electrons. The Balaban J connectivity index is 1.34. The van der Waals surface area contributed by atoms with E-state index in [1.807, 2.05) is 4.90 Å². The summed E-state index contributed by atoms with van der Waals surface area (Å²) in [4.78, 5) is 32.2. The number of hydrogen-bond acceptors (Lipinski definition) is 5. The van der Waals surface area contributed by atoms with Gasteiger partial charge in [0.1, 0.15) is 12.1 Å². The minimum atomic E-state index is -3.83. The van der Waals surface area contributed by atoms with Gasteiger partial charge in [-0.15, -0.1) is 0 Å². The highest BCUT2D eigenvalue weighted by Crippen LogP contribution is 2.24. The Bertz CT molecular complexity index is 1020. The van der Waals surface area contributed by atoms with E-state index in [2.05, 4.69) is 9.62 Å². The van der Waals surface area contributed by atoms with Gasteiger partial charge in [0.05, 0.1) is 0 Å². The van der Waals surface area contributed by atoms with Crippen molar-refractivity contribution in [1.29, 1.82) is 0 Å². The number of carbonyl (C=O) groups is 2. The molecule has 3 aliphatic rings. The van der Waals surface area contributed by atoms with Crippen LogP contribution >= 0.6 is 11.6 Å². The first-order chi connectivity index (χ1) is 16.2. The monoisotopic (exact) mass is 508 g/mol. The van der Waals surface area contributed by atoms with Gasteiger partial charge in [-0.2, -0.15) is 4.72 Å². The molecule has 3 heterocycles. The van der Waals surface area contributed by atoms with Gasteiger partial charge in [-0.25, -0.2) is 8.42 Å². The molecule has 1 aromatic rings. The van der Waals surface area contributed by atoms with Gasteiger partial charge in [-0.05, 0) is 75.9 Å². The Morgan fingerprint density at radius 2 is 1.82 bits per heavy atom. The number of nitrogens with one attached hydrogen (secondary N) is 1. The average Bonchev–Trinajstić information content (AvgIpc) is 3.56. The molecule has 0 bridgehead atoms. The molecule has 8 nitrogen and oxygen atoms in total. The summed E-state index contributed by atoms with van der Waals surface area (Å²) in [6, 6.07) is 5.49. The van der Waals surface area contributed by atoms with Crippen molar-refractivity contribution in [3.8, 4) is 0 Å². The third kappa shape index (κ3) is 6.00. The smallest absolute Gasteiger partial charge is 0.245 e. The van der Waals surface area contributed by atoms with Crippen LogP contribution in [-0.4, -0.2) is 85.8 Å². The Morgan fingerprint density at radius 1 is 1.12 bits per heavy atom. The van der Waals surface area contributed by atoms with Gasteiger partial charge in [0, 0.05) is 36.1 Å². The summed E-state index contributed by atoms with van der Waals surface area (Å²) in [6.45, 7) is 5.90. The largest absolute Gasteiger partial charge is 0.337 e. The zero-order chi connectivity index (χ0) is 24.3. The molecule has 3 aliphatic heterocycles. The summed E-state index contributed by atoms with van der Waals surface area (Å²) < 4.78 is 27.5. The lowest BCUT2D eigenvalue weighted by molar-refractivity contribution is -0.144. The lowest BCUT2D eigenvalue weighted by atomic mass is 10.2. The predicted molar refractivity (Wildman–Crippen MR) is 133 cm³/mol. The lowest BCUT2D eigenvalue weighted by Crippen LogP contribution is -2.52. The molecule has 0 saturated carbocycles. The highest BCUT2D eigenvalue weighted by atomic mass is 35.5. The highest BCUT2D eigenvalue weighted by Gasteiger charge is 2.41. The topological polar surface area (TPSA) is 90.0 Å². The standard InChI is InChI=1S/C24H33ClN4O4S/c1-18(23(30)29-14-4-5-21(29)17-27-12-2-3-13-27)28-15-10-22(24(28)31)26-34(32,33)16-11-19-6-8-20(25)9-7-19/h6-9,11,16,18,21-22,26H,2-5,10,12-15,17H2,1H3/t18-,21-,22-/m0/s1. The zero-order valence-electron chi connectivity index (χ0n) is 19.5. The molecule has 3 saturated heterocycles. The van der Waals surface area contributed by atoms with Crippen LogP contribution in [0, 0.1) is 0 Å². The number of carbonyl (C=O) groups excluding carboxylic acids is 2. The molecular formula is C24H33ClN4O4S. The Kier molecular flexibility index (Phi) is 7.97. The van der Waals surface area contributed by atoms with E-state index >= 15 is 0 Å². The van der Waals surface area contributed by atoms with Gasteiger partial charge in [0.15, 0.2) is 0 Å². The minimum Gasteiger partial charge on any atom is -0.337 e. The second-order valence-corrected chi connectivity index (χ2v) is 11.4. The van der Waals surface area contributed by atoms with Crippen LogP contribution in [0.25, 0.3) is 6.08 Å². The maximum Gasteiger partial charge on any atom is 0.245 e. The molecule has 0 aliphatic carbocycles. The van der Waals surface area contributed by atoms with Gasteiger partial charge < -0.3 is 14.7 Å². The summed E-state index contributed by atoms with van der Waals surface area (Å²) >= 11 is 5.85. The molecule has 0 unspecified atom stereocenters. The SMILES string of the molecule is C[C@@H](C(=O)N1CCC[C@H]1CN1CCCC1)N1CC[C@H](NS(=O)(=O)C=Cc2ccc(Cl)cc2)C1=O. The van der Waals surface area contributed by atoms with Gasteiger partial charge in [0.2, 0.25) is 21.8 Å². The number of sulfonamides is 1. The van der Waals surface area contributed by atoms with E-state index in [0.29, 0.717) is 23.6 Å². The summed E-state index contributed by atoms with van der Waals surface area (Å²) in [5.74, 6) is -0.388. The van der Waals surface area contributed by atoms with E-state index in [1.54, 1.807) is 31.2 Å². The fourth-order valence-corrected chi connectivity index (χ4v) is 6.28. The number of hydrogen-bond donors (Lipinski definition) is 1. The number of amides is 2. The molecular weight excluding hydrogens is 476 g/mol. The van der Waals surface area contributed by atoms with Gasteiger partial charge in [-0.3, -0.25) is 9.59 Å². The van der Waals surface area contributed by atoms with Crippen molar-refractivity contribution < 1.29 is 18.0 Å². The second-order valence-electron chi connectivity index (χ2n) is 9.40. The zero-order valence-corrected chi connectivity index (χ0v) is 21.1. The van der Waals surface area contributed by atoms with Crippen molar-refractivity contribution in [3.05, 3.63) is 40.3 Å². The van der Waals surface area contributed by atoms with Crippen LogP contribution in [-0.2, 0) is 19.6 Å². The minimum absolute atomic E-state index is 0.0406. The van der Waals surface area contributed by atoms with Crippen molar-refractivity contribution >= 4 is 39.5 Å². The molecule has 34 heavy (non-hydrogen) atoms. The van der Waals surface area contributed by atoms with Crippen molar-refractivity contribution in [2.45, 2.75) is 57.2 Å².